The van der Waals surface area contributed by atoms with Crippen LogP contribution in [0.5, 0.6) is 0 Å². The molecule has 1 N–H and O–H groups in total. The Morgan fingerprint density at radius 1 is 1.18 bits per heavy atom. The highest BCUT2D eigenvalue weighted by atomic mass is 32.2. The lowest BCUT2D eigenvalue weighted by atomic mass is 9.77. The van der Waals surface area contributed by atoms with Crippen molar-refractivity contribution in [2.45, 2.75) is 44.9 Å². The van der Waals surface area contributed by atoms with Gasteiger partial charge < -0.3 is 14.2 Å². The van der Waals surface area contributed by atoms with Crippen molar-refractivity contribution < 1.29 is 18.7 Å². The number of carboxylic acid groups (broad SMARTS) is 1. The summed E-state index contributed by atoms with van der Waals surface area (Å²) in [6.45, 7) is 1.81. The number of nitrogens with zero attached hydrogens (tertiary/aromatic N) is 4. The maximum Gasteiger partial charge on any atom is 0.303 e. The van der Waals surface area contributed by atoms with Crippen LogP contribution in [-0.4, -0.2) is 34.4 Å². The summed E-state index contributed by atoms with van der Waals surface area (Å²) in [6.07, 6.45) is 7.40. The van der Waals surface area contributed by atoms with E-state index in [1.54, 1.807) is 22.9 Å². The Kier molecular flexibility index (Phi) is 6.90. The van der Waals surface area contributed by atoms with Crippen LogP contribution in [0.4, 0.5) is 11.5 Å². The van der Waals surface area contributed by atoms with E-state index in [0.717, 1.165) is 41.2 Å². The molecule has 0 spiro atoms. The van der Waals surface area contributed by atoms with Crippen LogP contribution in [0.2, 0.25) is 0 Å². The van der Waals surface area contributed by atoms with Crippen molar-refractivity contribution in [1.82, 2.24) is 14.5 Å². The molecule has 1 aromatic carbocycles. The molecule has 174 valence electrons. The summed E-state index contributed by atoms with van der Waals surface area (Å²) >= 11 is -2.53. The average molecular weight is 468 g/mol. The summed E-state index contributed by atoms with van der Waals surface area (Å²) in [5.74, 6) is 1.07. The van der Waals surface area contributed by atoms with Gasteiger partial charge in [0.05, 0.1) is 28.8 Å². The highest BCUT2D eigenvalue weighted by Gasteiger charge is 2.24. The van der Waals surface area contributed by atoms with Crippen molar-refractivity contribution in [3.63, 3.8) is 0 Å². The third-order valence-corrected chi connectivity index (χ3v) is 7.12. The molecule has 1 saturated carbocycles. The molecule has 0 radical (unpaired) electrons. The van der Waals surface area contributed by atoms with Crippen molar-refractivity contribution >= 4 is 28.7 Å². The molecule has 1 atom stereocenters. The smallest absolute Gasteiger partial charge is 0.303 e. The second kappa shape index (κ2) is 9.84. The third-order valence-electron chi connectivity index (χ3n) is 6.42. The minimum absolute atomic E-state index is 0.268. The Hall–Kier alpha value is -3.04. The fraction of sp³-hybridized carbons (Fsp3) is 0.375. The summed E-state index contributed by atoms with van der Waals surface area (Å²) in [6, 6.07) is 11.8. The van der Waals surface area contributed by atoms with Crippen molar-refractivity contribution in [2.75, 3.05) is 4.31 Å². The number of carbonyl (C=O) groups is 1. The van der Waals surface area contributed by atoms with Crippen molar-refractivity contribution in [3.05, 3.63) is 60.2 Å². The van der Waals surface area contributed by atoms with Crippen LogP contribution in [-0.2, 0) is 23.1 Å². The van der Waals surface area contributed by atoms with E-state index in [1.807, 2.05) is 26.1 Å². The lowest BCUT2D eigenvalue weighted by Crippen LogP contribution is -2.20. The maximum atomic E-state index is 11.9. The number of anilines is 2. The van der Waals surface area contributed by atoms with Gasteiger partial charge in [-0.2, -0.15) is 0 Å². The molecule has 33 heavy (non-hydrogen) atoms. The number of aliphatic carboxylic acids is 1. The molecule has 4 rings (SSSR count). The van der Waals surface area contributed by atoms with Gasteiger partial charge in [0.15, 0.2) is 5.82 Å². The average Bonchev–Trinajstić information content (AvgIpc) is 3.12. The van der Waals surface area contributed by atoms with Crippen LogP contribution >= 0.6 is 0 Å². The lowest BCUT2D eigenvalue weighted by Gasteiger charge is -2.28. The van der Waals surface area contributed by atoms with Gasteiger partial charge >= 0.3 is 5.97 Å². The number of hydrogen-bond acceptors (Lipinski definition) is 5. The monoisotopic (exact) mass is 467 g/mol. The normalized spacial score (nSPS) is 19.2. The summed E-state index contributed by atoms with van der Waals surface area (Å²) in [7, 11) is 1.81. The molecule has 1 unspecified atom stereocenters. The lowest BCUT2D eigenvalue weighted by molar-refractivity contribution is -0.138. The molecule has 2 aromatic heterocycles. The number of pyridine rings is 1. The zero-order valence-electron chi connectivity index (χ0n) is 18.7. The Morgan fingerprint density at radius 3 is 2.39 bits per heavy atom. The van der Waals surface area contributed by atoms with E-state index >= 15 is 0 Å². The van der Waals surface area contributed by atoms with Gasteiger partial charge in [0, 0.05) is 25.2 Å². The van der Waals surface area contributed by atoms with E-state index in [9.17, 15) is 13.6 Å². The van der Waals surface area contributed by atoms with Crippen LogP contribution in [0.15, 0.2) is 48.8 Å². The van der Waals surface area contributed by atoms with Gasteiger partial charge in [0.1, 0.15) is 5.82 Å². The number of imidazole rings is 1. The number of aromatic nitrogens is 3. The van der Waals surface area contributed by atoms with E-state index in [1.165, 1.54) is 11.8 Å². The predicted molar refractivity (Wildman–Crippen MR) is 126 cm³/mol. The van der Waals surface area contributed by atoms with Gasteiger partial charge in [-0.05, 0) is 62.1 Å². The first kappa shape index (κ1) is 23.1. The molecule has 0 saturated heterocycles. The Bertz CT molecular complexity index is 1120. The zero-order valence-corrected chi connectivity index (χ0v) is 19.5. The Labute approximate surface area is 195 Å². The van der Waals surface area contributed by atoms with Gasteiger partial charge in [-0.15, -0.1) is 0 Å². The fourth-order valence-electron chi connectivity index (χ4n) is 4.48. The van der Waals surface area contributed by atoms with Gasteiger partial charge in [-0.25, -0.2) is 4.98 Å². The quantitative estimate of drug-likeness (QED) is 0.513. The number of rotatable bonds is 7. The van der Waals surface area contributed by atoms with E-state index in [2.05, 4.69) is 22.1 Å². The van der Waals surface area contributed by atoms with E-state index < -0.39 is 17.2 Å². The molecule has 1 fully saturated rings. The second-order valence-electron chi connectivity index (χ2n) is 8.61. The highest BCUT2D eigenvalue weighted by Crippen LogP contribution is 2.37. The Morgan fingerprint density at radius 2 is 1.88 bits per heavy atom. The predicted octanol–water partition coefficient (Wildman–Crippen LogP) is 4.47. The van der Waals surface area contributed by atoms with Crippen LogP contribution in [0.1, 0.15) is 49.4 Å². The molecule has 0 amide bonds. The first-order chi connectivity index (χ1) is 15.8. The van der Waals surface area contributed by atoms with Crippen molar-refractivity contribution in [3.8, 4) is 11.3 Å². The Balaban J connectivity index is 1.46. The van der Waals surface area contributed by atoms with Crippen LogP contribution < -0.4 is 4.31 Å². The number of benzene rings is 1. The van der Waals surface area contributed by atoms with Gasteiger partial charge in [-0.1, -0.05) is 24.3 Å². The van der Waals surface area contributed by atoms with E-state index in [0.29, 0.717) is 29.2 Å². The molecular formula is C24H27N4O4S-. The second-order valence-corrected chi connectivity index (χ2v) is 9.41. The summed E-state index contributed by atoms with van der Waals surface area (Å²) in [5, 5.41) is 8.99. The van der Waals surface area contributed by atoms with Gasteiger partial charge in [0.2, 0.25) is 0 Å². The molecule has 0 aliphatic heterocycles. The summed E-state index contributed by atoms with van der Waals surface area (Å²) in [5.41, 5.74) is 3.39. The van der Waals surface area contributed by atoms with Gasteiger partial charge in [0.25, 0.3) is 0 Å². The maximum absolute atomic E-state index is 11.9. The number of hydrogen-bond donors (Lipinski definition) is 1. The summed E-state index contributed by atoms with van der Waals surface area (Å²) in [4.78, 5) is 19.7. The fourth-order valence-corrected chi connectivity index (χ4v) is 5.00. The van der Waals surface area contributed by atoms with Crippen LogP contribution in [0.3, 0.4) is 0 Å². The molecular weight excluding hydrogens is 440 g/mol. The van der Waals surface area contributed by atoms with Crippen LogP contribution in [0, 0.1) is 12.8 Å². The first-order valence-electron chi connectivity index (χ1n) is 11.0. The van der Waals surface area contributed by atoms with Crippen molar-refractivity contribution in [2.24, 2.45) is 13.0 Å². The highest BCUT2D eigenvalue weighted by molar-refractivity contribution is 7.81. The molecule has 8 nitrogen and oxygen atoms in total. The third kappa shape index (κ3) is 5.31. The van der Waals surface area contributed by atoms with Crippen LogP contribution in [0.25, 0.3) is 11.3 Å². The molecule has 1 aliphatic carbocycles. The van der Waals surface area contributed by atoms with Crippen molar-refractivity contribution in [1.29, 1.82) is 0 Å². The number of aryl methyl sites for hydroxylation is 2. The van der Waals surface area contributed by atoms with Gasteiger partial charge in [-0.3, -0.25) is 18.3 Å². The zero-order chi connectivity index (χ0) is 23.5. The minimum atomic E-state index is -2.53. The van der Waals surface area contributed by atoms with E-state index in [4.69, 9.17) is 5.11 Å². The first-order valence-corrected chi connectivity index (χ1v) is 12.0. The summed E-state index contributed by atoms with van der Waals surface area (Å²) < 4.78 is 26.6. The molecule has 1 aliphatic rings. The topological polar surface area (TPSA) is 111 Å². The molecule has 0 bridgehead atoms. The molecule has 3 aromatic rings. The SMILES string of the molecule is Cc1nc(N(c2ccc(-c3ccc(C4CCC(CC(=O)O)CC4)cc3)nc2)S(=O)[O-])cn1C. The van der Waals surface area contributed by atoms with E-state index in [-0.39, 0.29) is 6.42 Å². The minimum Gasteiger partial charge on any atom is -0.755 e. The molecule has 9 heteroatoms. The standard InChI is InChI=1S/C24H28N4O4S/c1-16-26-23(15-27(16)2)28(33(31)32)21-11-12-22(25-14-21)20-9-7-19(8-10-20)18-5-3-17(4-6-18)13-24(29)30/h7-12,14-15,17-18H,3-6,13H2,1-2H3,(H,29,30)(H,31,32)/p-1. The molecule has 2 heterocycles. The largest absolute Gasteiger partial charge is 0.755 e. The number of carboxylic acids is 1.